The molecular weight excluding hydrogens is 134 g/mol. The highest BCUT2D eigenvalue weighted by Crippen LogP contribution is 1.94. The highest BCUT2D eigenvalue weighted by molar-refractivity contribution is 7.99. The molecule has 0 radical (unpaired) electrons. The Bertz CT molecular complexity index is 85.1. The molecule has 3 heteroatoms. The third kappa shape index (κ3) is 7.82. The summed E-state index contributed by atoms with van der Waals surface area (Å²) in [6, 6.07) is 0. The van der Waals surface area contributed by atoms with Gasteiger partial charge in [-0.3, -0.25) is 4.79 Å². The maximum Gasteiger partial charge on any atom is 0.216 e. The Hall–Kier alpha value is -0.180. The summed E-state index contributed by atoms with van der Waals surface area (Å²) in [6.45, 7) is 4.45. The summed E-state index contributed by atoms with van der Waals surface area (Å²) in [6.07, 6.45) is 0. The van der Waals surface area contributed by atoms with Gasteiger partial charge in [0.25, 0.3) is 0 Å². The number of hydrogen-bond acceptors (Lipinski definition) is 2. The fraction of sp³-hybridized carbons (Fsp3) is 0.833. The van der Waals surface area contributed by atoms with Gasteiger partial charge in [0.15, 0.2) is 0 Å². The third-order valence-corrected chi connectivity index (χ3v) is 1.73. The van der Waals surface area contributed by atoms with Crippen LogP contribution in [0.5, 0.6) is 0 Å². The average Bonchev–Trinajstić information content (AvgIpc) is 1.80. The van der Waals surface area contributed by atoms with Crippen molar-refractivity contribution in [2.24, 2.45) is 0 Å². The smallest absolute Gasteiger partial charge is 0.216 e. The van der Waals surface area contributed by atoms with Crippen molar-refractivity contribution < 1.29 is 4.79 Å². The molecule has 0 unspecified atom stereocenters. The molecule has 0 heterocycles. The first-order chi connectivity index (χ1) is 4.27. The van der Waals surface area contributed by atoms with Crippen LogP contribution in [-0.4, -0.2) is 24.0 Å². The Morgan fingerprint density at radius 3 is 2.78 bits per heavy atom. The fourth-order valence-electron chi connectivity index (χ4n) is 0.444. The van der Waals surface area contributed by atoms with Crippen LogP contribution in [-0.2, 0) is 4.79 Å². The molecule has 0 spiro atoms. The van der Waals surface area contributed by atoms with Crippen LogP contribution in [0, 0.1) is 0 Å². The molecule has 1 N–H and O–H groups in total. The standard InChI is InChI=1S/C6H13NOS/c1-3-9-5-4-7-6(2)8/h3-5H2,1-2H3,(H,7,8). The van der Waals surface area contributed by atoms with Crippen molar-refractivity contribution in [1.29, 1.82) is 0 Å². The molecule has 0 saturated heterocycles. The molecule has 0 aliphatic carbocycles. The Morgan fingerprint density at radius 1 is 1.67 bits per heavy atom. The zero-order valence-corrected chi connectivity index (χ0v) is 6.75. The molecule has 0 aromatic carbocycles. The van der Waals surface area contributed by atoms with Gasteiger partial charge in [-0.05, 0) is 5.75 Å². The highest BCUT2D eigenvalue weighted by Gasteiger charge is 1.87. The number of carbonyl (C=O) groups excluding carboxylic acids is 1. The molecule has 0 aliphatic heterocycles. The van der Waals surface area contributed by atoms with E-state index < -0.39 is 0 Å². The van der Waals surface area contributed by atoms with Gasteiger partial charge >= 0.3 is 0 Å². The van der Waals surface area contributed by atoms with E-state index >= 15 is 0 Å². The summed E-state index contributed by atoms with van der Waals surface area (Å²) in [5.41, 5.74) is 0. The van der Waals surface area contributed by atoms with Crippen LogP contribution in [0.3, 0.4) is 0 Å². The van der Waals surface area contributed by atoms with Gasteiger partial charge < -0.3 is 5.32 Å². The number of rotatable bonds is 4. The van der Waals surface area contributed by atoms with Crippen LogP contribution in [0.25, 0.3) is 0 Å². The van der Waals surface area contributed by atoms with E-state index in [1.807, 2.05) is 11.8 Å². The summed E-state index contributed by atoms with van der Waals surface area (Å²) in [5, 5.41) is 2.72. The first kappa shape index (κ1) is 8.82. The second-order valence-electron chi connectivity index (χ2n) is 1.68. The van der Waals surface area contributed by atoms with Crippen LogP contribution in [0.1, 0.15) is 13.8 Å². The van der Waals surface area contributed by atoms with Gasteiger partial charge in [-0.2, -0.15) is 11.8 Å². The molecule has 1 amide bonds. The van der Waals surface area contributed by atoms with Gasteiger partial charge in [-0.15, -0.1) is 0 Å². The third-order valence-electron chi connectivity index (χ3n) is 0.824. The molecule has 0 aromatic rings. The Kier molecular flexibility index (Phi) is 5.83. The van der Waals surface area contributed by atoms with Crippen molar-refractivity contribution in [2.75, 3.05) is 18.1 Å². The first-order valence-corrected chi connectivity index (χ1v) is 4.25. The molecular formula is C6H13NOS. The predicted octanol–water partition coefficient (Wildman–Crippen LogP) is 0.876. The Balaban J connectivity index is 2.83. The Labute approximate surface area is 60.4 Å². The molecule has 0 fully saturated rings. The van der Waals surface area contributed by atoms with Crippen LogP contribution in [0.4, 0.5) is 0 Å². The fourth-order valence-corrected chi connectivity index (χ4v) is 0.979. The normalized spacial score (nSPS) is 9.11. The molecule has 0 aliphatic rings. The molecule has 0 saturated carbocycles. The maximum atomic E-state index is 10.3. The molecule has 0 rings (SSSR count). The van der Waals surface area contributed by atoms with E-state index in [1.165, 1.54) is 6.92 Å². The molecule has 0 aromatic heterocycles. The van der Waals surface area contributed by atoms with Gasteiger partial charge in [-0.1, -0.05) is 6.92 Å². The molecule has 54 valence electrons. The van der Waals surface area contributed by atoms with E-state index in [9.17, 15) is 4.79 Å². The summed E-state index contributed by atoms with van der Waals surface area (Å²) >= 11 is 1.84. The van der Waals surface area contributed by atoms with Crippen molar-refractivity contribution in [2.45, 2.75) is 13.8 Å². The van der Waals surface area contributed by atoms with E-state index in [4.69, 9.17) is 0 Å². The zero-order valence-electron chi connectivity index (χ0n) is 5.94. The molecule has 9 heavy (non-hydrogen) atoms. The van der Waals surface area contributed by atoms with Gasteiger partial charge in [0.05, 0.1) is 0 Å². The molecule has 0 atom stereocenters. The second kappa shape index (κ2) is 5.95. The lowest BCUT2D eigenvalue weighted by Crippen LogP contribution is -2.22. The van der Waals surface area contributed by atoms with Crippen LogP contribution >= 0.6 is 11.8 Å². The van der Waals surface area contributed by atoms with E-state index in [2.05, 4.69) is 12.2 Å². The van der Waals surface area contributed by atoms with Gasteiger partial charge in [0.1, 0.15) is 0 Å². The monoisotopic (exact) mass is 147 g/mol. The Morgan fingerprint density at radius 2 is 2.33 bits per heavy atom. The minimum atomic E-state index is 0.0618. The number of amides is 1. The van der Waals surface area contributed by atoms with E-state index in [1.54, 1.807) is 0 Å². The summed E-state index contributed by atoms with van der Waals surface area (Å²) < 4.78 is 0. The lowest BCUT2D eigenvalue weighted by molar-refractivity contribution is -0.118. The van der Waals surface area contributed by atoms with Crippen LogP contribution in [0.15, 0.2) is 0 Å². The van der Waals surface area contributed by atoms with Crippen molar-refractivity contribution in [3.8, 4) is 0 Å². The number of hydrogen-bond donors (Lipinski definition) is 1. The SMILES string of the molecule is CCSCCNC(C)=O. The predicted molar refractivity (Wildman–Crippen MR) is 41.7 cm³/mol. The van der Waals surface area contributed by atoms with Crippen molar-refractivity contribution in [3.63, 3.8) is 0 Å². The van der Waals surface area contributed by atoms with E-state index in [0.29, 0.717) is 0 Å². The number of carbonyl (C=O) groups is 1. The largest absolute Gasteiger partial charge is 0.356 e. The van der Waals surface area contributed by atoms with E-state index in [0.717, 1.165) is 18.1 Å². The summed E-state index contributed by atoms with van der Waals surface area (Å²) in [4.78, 5) is 10.3. The zero-order chi connectivity index (χ0) is 7.11. The van der Waals surface area contributed by atoms with Gasteiger partial charge in [0, 0.05) is 19.2 Å². The van der Waals surface area contributed by atoms with Crippen molar-refractivity contribution in [3.05, 3.63) is 0 Å². The highest BCUT2D eigenvalue weighted by atomic mass is 32.2. The van der Waals surface area contributed by atoms with Gasteiger partial charge in [-0.25, -0.2) is 0 Å². The molecule has 2 nitrogen and oxygen atoms in total. The lowest BCUT2D eigenvalue weighted by Gasteiger charge is -1.98. The second-order valence-corrected chi connectivity index (χ2v) is 3.07. The van der Waals surface area contributed by atoms with Gasteiger partial charge in [0.2, 0.25) is 5.91 Å². The lowest BCUT2D eigenvalue weighted by atomic mass is 10.6. The van der Waals surface area contributed by atoms with E-state index in [-0.39, 0.29) is 5.91 Å². The molecule has 0 bridgehead atoms. The minimum absolute atomic E-state index is 0.0618. The van der Waals surface area contributed by atoms with Crippen LogP contribution in [0.2, 0.25) is 0 Å². The van der Waals surface area contributed by atoms with Crippen molar-refractivity contribution >= 4 is 17.7 Å². The quantitative estimate of drug-likeness (QED) is 0.598. The topological polar surface area (TPSA) is 29.1 Å². The number of nitrogens with one attached hydrogen (secondary N) is 1. The minimum Gasteiger partial charge on any atom is -0.356 e. The van der Waals surface area contributed by atoms with Crippen LogP contribution < -0.4 is 5.32 Å². The maximum absolute atomic E-state index is 10.3. The first-order valence-electron chi connectivity index (χ1n) is 3.09. The summed E-state index contributed by atoms with van der Waals surface area (Å²) in [5.74, 6) is 2.21. The number of thioether (sulfide) groups is 1. The van der Waals surface area contributed by atoms with Crippen molar-refractivity contribution in [1.82, 2.24) is 5.32 Å². The summed E-state index contributed by atoms with van der Waals surface area (Å²) in [7, 11) is 0. The average molecular weight is 147 g/mol.